The van der Waals surface area contributed by atoms with E-state index in [-0.39, 0.29) is 11.9 Å². The highest BCUT2D eigenvalue weighted by molar-refractivity contribution is 9.10. The van der Waals surface area contributed by atoms with Crippen LogP contribution in [-0.4, -0.2) is 7.05 Å². The molecule has 2 rings (SSSR count). The van der Waals surface area contributed by atoms with Crippen molar-refractivity contribution in [3.8, 4) is 0 Å². The molecule has 4 heteroatoms. The smallest absolute Gasteiger partial charge is 0.124 e. The van der Waals surface area contributed by atoms with Gasteiger partial charge in [0, 0.05) is 15.5 Å². The summed E-state index contributed by atoms with van der Waals surface area (Å²) in [5.74, 6) is -0.237. The molecule has 100 valence electrons. The summed E-state index contributed by atoms with van der Waals surface area (Å²) >= 11 is 9.41. The van der Waals surface area contributed by atoms with Gasteiger partial charge in [-0.2, -0.15) is 0 Å². The van der Waals surface area contributed by atoms with Crippen molar-refractivity contribution >= 4 is 27.5 Å². The third-order valence-corrected chi connectivity index (χ3v) is 4.01. The van der Waals surface area contributed by atoms with E-state index < -0.39 is 0 Å². The Morgan fingerprint density at radius 1 is 1.26 bits per heavy atom. The maximum absolute atomic E-state index is 13.1. The van der Waals surface area contributed by atoms with Gasteiger partial charge in [-0.15, -0.1) is 0 Å². The van der Waals surface area contributed by atoms with Crippen LogP contribution in [0, 0.1) is 5.82 Å². The van der Waals surface area contributed by atoms with E-state index in [0.29, 0.717) is 0 Å². The van der Waals surface area contributed by atoms with Crippen LogP contribution in [-0.2, 0) is 6.42 Å². The Balaban J connectivity index is 2.24. The van der Waals surface area contributed by atoms with E-state index in [9.17, 15) is 4.39 Å². The SMILES string of the molecule is CNC(Cc1ccc(F)cc1Br)c1cccc(Cl)c1. The van der Waals surface area contributed by atoms with Gasteiger partial charge < -0.3 is 5.32 Å². The average molecular weight is 343 g/mol. The molecule has 2 aromatic rings. The first-order valence-corrected chi connectivity index (χ1v) is 7.14. The number of benzene rings is 2. The van der Waals surface area contributed by atoms with Crippen LogP contribution in [0.2, 0.25) is 5.02 Å². The minimum atomic E-state index is -0.237. The molecule has 0 aliphatic rings. The first kappa shape index (κ1) is 14.5. The quantitative estimate of drug-likeness (QED) is 0.846. The van der Waals surface area contributed by atoms with E-state index in [1.165, 1.54) is 12.1 Å². The molecule has 0 radical (unpaired) electrons. The van der Waals surface area contributed by atoms with Gasteiger partial charge in [-0.3, -0.25) is 0 Å². The summed E-state index contributed by atoms with van der Waals surface area (Å²) in [5, 5.41) is 3.98. The molecule has 0 aliphatic heterocycles. The first-order chi connectivity index (χ1) is 9.10. The monoisotopic (exact) mass is 341 g/mol. The molecule has 0 heterocycles. The van der Waals surface area contributed by atoms with E-state index in [0.717, 1.165) is 27.0 Å². The molecule has 19 heavy (non-hydrogen) atoms. The predicted octanol–water partition coefficient (Wildman–Crippen LogP) is 4.74. The van der Waals surface area contributed by atoms with Crippen LogP contribution in [0.4, 0.5) is 4.39 Å². The van der Waals surface area contributed by atoms with E-state index in [2.05, 4.69) is 21.2 Å². The molecule has 1 atom stereocenters. The predicted molar refractivity (Wildman–Crippen MR) is 81.1 cm³/mol. The van der Waals surface area contributed by atoms with Gasteiger partial charge in [-0.1, -0.05) is 45.7 Å². The number of hydrogen-bond donors (Lipinski definition) is 1. The van der Waals surface area contributed by atoms with Crippen molar-refractivity contribution < 1.29 is 4.39 Å². The Morgan fingerprint density at radius 2 is 2.05 bits per heavy atom. The Morgan fingerprint density at radius 3 is 2.68 bits per heavy atom. The largest absolute Gasteiger partial charge is 0.313 e. The van der Waals surface area contributed by atoms with E-state index in [1.54, 1.807) is 6.07 Å². The lowest BCUT2D eigenvalue weighted by atomic mass is 9.99. The fourth-order valence-electron chi connectivity index (χ4n) is 2.02. The van der Waals surface area contributed by atoms with Crippen molar-refractivity contribution in [1.29, 1.82) is 0 Å². The second kappa shape index (κ2) is 6.51. The van der Waals surface area contributed by atoms with Gasteiger partial charge in [-0.25, -0.2) is 4.39 Å². The number of likely N-dealkylation sites (N-methyl/N-ethyl adjacent to an activating group) is 1. The van der Waals surface area contributed by atoms with E-state index in [4.69, 9.17) is 11.6 Å². The molecule has 0 spiro atoms. The van der Waals surface area contributed by atoms with Crippen molar-refractivity contribution in [2.45, 2.75) is 12.5 Å². The second-order valence-corrected chi connectivity index (χ2v) is 5.63. The summed E-state index contributed by atoms with van der Waals surface area (Å²) in [7, 11) is 1.91. The molecular formula is C15H14BrClFN. The molecule has 1 nitrogen and oxygen atoms in total. The van der Waals surface area contributed by atoms with Crippen LogP contribution in [0.25, 0.3) is 0 Å². The molecule has 0 saturated carbocycles. The average Bonchev–Trinajstić information content (AvgIpc) is 2.38. The minimum absolute atomic E-state index is 0.139. The molecular weight excluding hydrogens is 329 g/mol. The lowest BCUT2D eigenvalue weighted by Crippen LogP contribution is -2.19. The van der Waals surface area contributed by atoms with E-state index in [1.807, 2.05) is 31.3 Å². The Kier molecular flexibility index (Phi) is 4.97. The van der Waals surface area contributed by atoms with Crippen molar-refractivity contribution in [3.05, 3.63) is 68.9 Å². The molecule has 1 unspecified atom stereocenters. The third kappa shape index (κ3) is 3.78. The minimum Gasteiger partial charge on any atom is -0.313 e. The van der Waals surface area contributed by atoms with E-state index >= 15 is 0 Å². The van der Waals surface area contributed by atoms with Crippen LogP contribution in [0.5, 0.6) is 0 Å². The Labute approximate surface area is 125 Å². The third-order valence-electron chi connectivity index (χ3n) is 3.04. The molecule has 0 fully saturated rings. The van der Waals surface area contributed by atoms with Crippen LogP contribution < -0.4 is 5.32 Å². The topological polar surface area (TPSA) is 12.0 Å². The summed E-state index contributed by atoms with van der Waals surface area (Å²) in [6, 6.07) is 12.7. The summed E-state index contributed by atoms with van der Waals surface area (Å²) in [6.45, 7) is 0. The van der Waals surface area contributed by atoms with Crippen LogP contribution in [0.3, 0.4) is 0 Å². The normalized spacial score (nSPS) is 12.4. The standard InChI is InChI=1S/C15H14BrClFN/c1-19-15(11-3-2-4-12(17)7-11)8-10-5-6-13(18)9-14(10)16/h2-7,9,15,19H,8H2,1H3. The van der Waals surface area contributed by atoms with Crippen molar-refractivity contribution in [1.82, 2.24) is 5.32 Å². The zero-order valence-electron chi connectivity index (χ0n) is 10.5. The van der Waals surface area contributed by atoms with Gasteiger partial charge >= 0.3 is 0 Å². The molecule has 2 aromatic carbocycles. The Bertz CT molecular complexity index is 574. The number of nitrogens with one attached hydrogen (secondary N) is 1. The summed E-state index contributed by atoms with van der Waals surface area (Å²) in [5.41, 5.74) is 2.17. The molecule has 0 saturated heterocycles. The summed E-state index contributed by atoms with van der Waals surface area (Å²) in [6.07, 6.45) is 0.762. The zero-order chi connectivity index (χ0) is 13.8. The zero-order valence-corrected chi connectivity index (χ0v) is 12.8. The van der Waals surface area contributed by atoms with Crippen molar-refractivity contribution in [3.63, 3.8) is 0 Å². The molecule has 0 aliphatic carbocycles. The molecule has 0 aromatic heterocycles. The number of rotatable bonds is 4. The highest BCUT2D eigenvalue weighted by atomic mass is 79.9. The highest BCUT2D eigenvalue weighted by Crippen LogP contribution is 2.25. The van der Waals surface area contributed by atoms with Crippen LogP contribution >= 0.6 is 27.5 Å². The number of halogens is 3. The molecule has 1 N–H and O–H groups in total. The van der Waals surface area contributed by atoms with Crippen molar-refractivity contribution in [2.24, 2.45) is 0 Å². The second-order valence-electron chi connectivity index (χ2n) is 4.34. The molecule has 0 amide bonds. The van der Waals surface area contributed by atoms with Crippen LogP contribution in [0.1, 0.15) is 17.2 Å². The van der Waals surface area contributed by atoms with Gasteiger partial charge in [0.1, 0.15) is 5.82 Å². The summed E-state index contributed by atoms with van der Waals surface area (Å²) < 4.78 is 13.9. The van der Waals surface area contributed by atoms with Crippen molar-refractivity contribution in [2.75, 3.05) is 7.05 Å². The highest BCUT2D eigenvalue weighted by Gasteiger charge is 2.12. The van der Waals surface area contributed by atoms with Gasteiger partial charge in [0.2, 0.25) is 0 Å². The van der Waals surface area contributed by atoms with Gasteiger partial charge in [0.25, 0.3) is 0 Å². The maximum Gasteiger partial charge on any atom is 0.124 e. The van der Waals surface area contributed by atoms with Gasteiger partial charge in [0.15, 0.2) is 0 Å². The van der Waals surface area contributed by atoms with Gasteiger partial charge in [-0.05, 0) is 48.9 Å². The lowest BCUT2D eigenvalue weighted by molar-refractivity contribution is 0.587. The Hall–Kier alpha value is -0.900. The number of hydrogen-bond acceptors (Lipinski definition) is 1. The maximum atomic E-state index is 13.1. The fraction of sp³-hybridized carbons (Fsp3) is 0.200. The lowest BCUT2D eigenvalue weighted by Gasteiger charge is -2.18. The summed E-state index contributed by atoms with van der Waals surface area (Å²) in [4.78, 5) is 0. The fourth-order valence-corrected chi connectivity index (χ4v) is 2.73. The van der Waals surface area contributed by atoms with Gasteiger partial charge in [0.05, 0.1) is 0 Å². The van der Waals surface area contributed by atoms with Crippen LogP contribution in [0.15, 0.2) is 46.9 Å². The first-order valence-electron chi connectivity index (χ1n) is 5.97. The molecule has 0 bridgehead atoms.